The van der Waals surface area contributed by atoms with Crippen molar-refractivity contribution < 1.29 is 0 Å². The Balaban J connectivity index is 4.66. The lowest BCUT2D eigenvalue weighted by atomic mass is 10.3. The minimum absolute atomic E-state index is 0.441. The molecule has 0 aliphatic heterocycles. The number of allylic oxidation sites excluding steroid dienone is 1. The number of rotatable bonds is 5. The Morgan fingerprint density at radius 2 is 1.31 bits per heavy atom. The molecule has 3 heteroatoms. The van der Waals surface area contributed by atoms with Crippen molar-refractivity contribution in [2.45, 2.75) is 6.92 Å². The van der Waals surface area contributed by atoms with Crippen LogP contribution in [0.15, 0.2) is 51.8 Å². The second-order valence-corrected chi connectivity index (χ2v) is 2.35. The van der Waals surface area contributed by atoms with Crippen molar-refractivity contribution >= 4 is 19.1 Å². The average molecular weight is 175 g/mol. The molecule has 0 aliphatic carbocycles. The van der Waals surface area contributed by atoms with Crippen molar-refractivity contribution in [3.8, 4) is 0 Å². The summed E-state index contributed by atoms with van der Waals surface area (Å²) in [5.41, 5.74) is 2.05. The normalized spacial score (nSPS) is 10.4. The van der Waals surface area contributed by atoms with Gasteiger partial charge in [0.05, 0.1) is 22.8 Å². The third-order valence-corrected chi connectivity index (χ3v) is 1.44. The molecular formula is C10H13N3. The summed E-state index contributed by atoms with van der Waals surface area (Å²) in [6, 6.07) is 0. The summed E-state index contributed by atoms with van der Waals surface area (Å²) < 4.78 is 0. The molecule has 0 aliphatic rings. The molecule has 0 rings (SSSR count). The maximum atomic E-state index is 4.07. The molecule has 0 radical (unpaired) electrons. The fourth-order valence-corrected chi connectivity index (χ4v) is 0.537. The van der Waals surface area contributed by atoms with Gasteiger partial charge in [-0.25, -0.2) is 4.99 Å². The van der Waals surface area contributed by atoms with Gasteiger partial charge >= 0.3 is 0 Å². The van der Waals surface area contributed by atoms with Gasteiger partial charge in [-0.2, -0.15) is 0 Å². The van der Waals surface area contributed by atoms with E-state index in [1.54, 1.807) is 6.92 Å². The second kappa shape index (κ2) is 4.98. The molecule has 0 fully saturated rings. The molecule has 0 aromatic rings. The number of nitrogens with zero attached hydrogens (tertiary/aromatic N) is 3. The van der Waals surface area contributed by atoms with Gasteiger partial charge in [0.25, 0.3) is 0 Å². The summed E-state index contributed by atoms with van der Waals surface area (Å²) in [7, 11) is 0. The number of aliphatic imine (C=N–C) groups is 3. The standard InChI is InChI=1S/C10H13N3/c1-7(11-5)9(3)13-10(4)8(2)12-6/h1-3,5-6H2,4H3/b13-10+. The van der Waals surface area contributed by atoms with E-state index in [0.717, 1.165) is 0 Å². The van der Waals surface area contributed by atoms with Crippen LogP contribution in [0.5, 0.6) is 0 Å². The lowest BCUT2D eigenvalue weighted by molar-refractivity contribution is 1.26. The van der Waals surface area contributed by atoms with Gasteiger partial charge in [-0.3, -0.25) is 9.98 Å². The smallest absolute Gasteiger partial charge is 0.0812 e. The van der Waals surface area contributed by atoms with E-state index in [9.17, 15) is 0 Å². The molecule has 0 saturated carbocycles. The predicted octanol–water partition coefficient (Wildman–Crippen LogP) is 2.39. The lowest BCUT2D eigenvalue weighted by Crippen LogP contribution is -1.94. The maximum Gasteiger partial charge on any atom is 0.0812 e. The topological polar surface area (TPSA) is 37.1 Å². The molecule has 0 N–H and O–H groups in total. The molecular weight excluding hydrogens is 162 g/mol. The SMILES string of the molecule is C=NC(=C)C(=C)/N=C(\C)C(=C)N=C. The van der Waals surface area contributed by atoms with Gasteiger partial charge in [-0.1, -0.05) is 19.7 Å². The van der Waals surface area contributed by atoms with Crippen LogP contribution in [0.1, 0.15) is 6.92 Å². The Labute approximate surface area is 78.6 Å². The first-order valence-electron chi connectivity index (χ1n) is 3.59. The predicted molar refractivity (Wildman–Crippen MR) is 59.6 cm³/mol. The number of hydrogen-bond acceptors (Lipinski definition) is 3. The maximum absolute atomic E-state index is 4.07. The van der Waals surface area contributed by atoms with Crippen molar-refractivity contribution in [2.24, 2.45) is 15.0 Å². The van der Waals surface area contributed by atoms with Crippen LogP contribution in [0, 0.1) is 0 Å². The summed E-state index contributed by atoms with van der Waals surface area (Å²) in [5, 5.41) is 0. The first kappa shape index (κ1) is 11.2. The zero-order valence-electron chi connectivity index (χ0n) is 7.88. The van der Waals surface area contributed by atoms with E-state index in [4.69, 9.17) is 0 Å². The van der Waals surface area contributed by atoms with Crippen molar-refractivity contribution in [1.82, 2.24) is 0 Å². The monoisotopic (exact) mass is 175 g/mol. The van der Waals surface area contributed by atoms with Crippen molar-refractivity contribution in [1.29, 1.82) is 0 Å². The van der Waals surface area contributed by atoms with E-state index in [1.807, 2.05) is 0 Å². The average Bonchev–Trinajstić information content (AvgIpc) is 2.14. The van der Waals surface area contributed by atoms with E-state index in [-0.39, 0.29) is 0 Å². The Kier molecular flexibility index (Phi) is 4.30. The fraction of sp³-hybridized carbons (Fsp3) is 0.100. The van der Waals surface area contributed by atoms with Crippen LogP contribution in [0.25, 0.3) is 0 Å². The minimum atomic E-state index is 0.441. The lowest BCUT2D eigenvalue weighted by Gasteiger charge is -2.00. The van der Waals surface area contributed by atoms with Crippen LogP contribution in [-0.2, 0) is 0 Å². The molecule has 0 aromatic heterocycles. The quantitative estimate of drug-likeness (QED) is 0.454. The van der Waals surface area contributed by atoms with E-state index < -0.39 is 0 Å². The van der Waals surface area contributed by atoms with Crippen molar-refractivity contribution in [2.75, 3.05) is 0 Å². The van der Waals surface area contributed by atoms with Gasteiger partial charge in [-0.15, -0.1) is 0 Å². The third kappa shape index (κ3) is 3.42. The van der Waals surface area contributed by atoms with Gasteiger partial charge in [0.1, 0.15) is 0 Å². The van der Waals surface area contributed by atoms with Crippen LogP contribution in [-0.4, -0.2) is 19.1 Å². The molecule has 68 valence electrons. The van der Waals surface area contributed by atoms with E-state index >= 15 is 0 Å². The molecule has 0 amide bonds. The van der Waals surface area contributed by atoms with Crippen LogP contribution in [0.2, 0.25) is 0 Å². The summed E-state index contributed by atoms with van der Waals surface area (Å²) in [4.78, 5) is 11.3. The highest BCUT2D eigenvalue weighted by Gasteiger charge is 1.98. The summed E-state index contributed by atoms with van der Waals surface area (Å²) in [5.74, 6) is 0. The van der Waals surface area contributed by atoms with Crippen molar-refractivity contribution in [3.05, 3.63) is 36.8 Å². The summed E-state index contributed by atoms with van der Waals surface area (Å²) in [6.07, 6.45) is 0. The Hall–Kier alpha value is -1.77. The van der Waals surface area contributed by atoms with Crippen LogP contribution in [0.4, 0.5) is 0 Å². The first-order valence-corrected chi connectivity index (χ1v) is 3.59. The van der Waals surface area contributed by atoms with E-state index in [2.05, 4.69) is 48.1 Å². The van der Waals surface area contributed by atoms with E-state index in [1.165, 1.54) is 0 Å². The van der Waals surface area contributed by atoms with Crippen LogP contribution < -0.4 is 0 Å². The second-order valence-electron chi connectivity index (χ2n) is 2.35. The first-order chi connectivity index (χ1) is 6.02. The minimum Gasteiger partial charge on any atom is -0.263 e. The zero-order valence-corrected chi connectivity index (χ0v) is 7.88. The molecule has 0 atom stereocenters. The summed E-state index contributed by atoms with van der Waals surface area (Å²) in [6.45, 7) is 19.3. The van der Waals surface area contributed by atoms with Crippen LogP contribution >= 0.6 is 0 Å². The molecule has 0 spiro atoms. The zero-order chi connectivity index (χ0) is 10.4. The molecule has 13 heavy (non-hydrogen) atoms. The molecule has 0 bridgehead atoms. The third-order valence-electron chi connectivity index (χ3n) is 1.44. The van der Waals surface area contributed by atoms with Gasteiger partial charge in [0.15, 0.2) is 0 Å². The van der Waals surface area contributed by atoms with Gasteiger partial charge in [0, 0.05) is 0 Å². The van der Waals surface area contributed by atoms with E-state index in [0.29, 0.717) is 22.8 Å². The Morgan fingerprint density at radius 3 is 1.69 bits per heavy atom. The molecule has 0 unspecified atom stereocenters. The van der Waals surface area contributed by atoms with Gasteiger partial charge < -0.3 is 0 Å². The number of hydrogen-bond donors (Lipinski definition) is 0. The Bertz CT molecular complexity index is 308. The van der Waals surface area contributed by atoms with Crippen LogP contribution in [0.3, 0.4) is 0 Å². The highest BCUT2D eigenvalue weighted by Crippen LogP contribution is 2.09. The molecule has 3 nitrogen and oxygen atoms in total. The largest absolute Gasteiger partial charge is 0.263 e. The molecule has 0 heterocycles. The fourth-order valence-electron chi connectivity index (χ4n) is 0.537. The Morgan fingerprint density at radius 1 is 0.846 bits per heavy atom. The van der Waals surface area contributed by atoms with Gasteiger partial charge in [-0.05, 0) is 20.4 Å². The molecule has 0 saturated heterocycles. The highest BCUT2D eigenvalue weighted by atomic mass is 14.9. The van der Waals surface area contributed by atoms with Crippen molar-refractivity contribution in [3.63, 3.8) is 0 Å². The summed E-state index contributed by atoms with van der Waals surface area (Å²) >= 11 is 0. The highest BCUT2D eigenvalue weighted by molar-refractivity contribution is 5.98. The molecule has 0 aromatic carbocycles. The van der Waals surface area contributed by atoms with Gasteiger partial charge in [0.2, 0.25) is 0 Å².